The highest BCUT2D eigenvalue weighted by molar-refractivity contribution is 5.39. The van der Waals surface area contributed by atoms with Crippen LogP contribution in [0.4, 0.5) is 0 Å². The number of rotatable bonds is 2. The molecule has 0 unspecified atom stereocenters. The molecule has 0 saturated heterocycles. The molecule has 2 heteroatoms. The molecule has 1 N–H and O–H groups in total. The molecule has 5 rings (SSSR count). The first-order valence-electron chi connectivity index (χ1n) is 7.57. The van der Waals surface area contributed by atoms with Crippen LogP contribution < -0.4 is 0 Å². The highest BCUT2D eigenvalue weighted by Gasteiger charge is 2.59. The number of methoxy groups -OCH3 is 1. The van der Waals surface area contributed by atoms with E-state index in [2.05, 4.69) is 6.07 Å². The van der Waals surface area contributed by atoms with Crippen LogP contribution >= 0.6 is 0 Å². The van der Waals surface area contributed by atoms with Crippen LogP contribution in [-0.4, -0.2) is 12.2 Å². The van der Waals surface area contributed by atoms with Gasteiger partial charge < -0.3 is 9.84 Å². The van der Waals surface area contributed by atoms with E-state index in [4.69, 9.17) is 4.74 Å². The Labute approximate surface area is 114 Å². The summed E-state index contributed by atoms with van der Waals surface area (Å²) in [5.41, 5.74) is 0.810. The van der Waals surface area contributed by atoms with Gasteiger partial charge in [-0.25, -0.2) is 0 Å². The smallest absolute Gasteiger partial charge is 0.121 e. The maximum atomic E-state index is 10.3. The van der Waals surface area contributed by atoms with Gasteiger partial charge in [0.15, 0.2) is 0 Å². The average Bonchev–Trinajstić information content (AvgIpc) is 2.40. The molecule has 0 radical (unpaired) electrons. The molecule has 2 nitrogen and oxygen atoms in total. The largest absolute Gasteiger partial charge is 0.508 e. The Balaban J connectivity index is 1.84. The molecular formula is C17H22O2. The van der Waals surface area contributed by atoms with Crippen LogP contribution in [0.1, 0.15) is 37.7 Å². The zero-order chi connectivity index (χ0) is 13.0. The number of benzene rings is 1. The van der Waals surface area contributed by atoms with Gasteiger partial charge in [-0.15, -0.1) is 0 Å². The van der Waals surface area contributed by atoms with E-state index in [0.717, 1.165) is 17.4 Å². The summed E-state index contributed by atoms with van der Waals surface area (Å²) in [5.74, 6) is 3.44. The fourth-order valence-electron chi connectivity index (χ4n) is 5.57. The standard InChI is InChI=1S/C17H22O2/c1-19-17(15-4-2-3-5-16(15)18)13-7-11-6-12(9-13)10-14(17)8-11/h2-5,11-14,18H,6-10H2,1H3. The SMILES string of the molecule is COC1(c2ccccc2O)C2CC3CC(C2)CC1C3. The van der Waals surface area contributed by atoms with Crippen LogP contribution in [-0.2, 0) is 10.3 Å². The lowest BCUT2D eigenvalue weighted by atomic mass is 9.48. The third kappa shape index (κ3) is 1.47. The Morgan fingerprint density at radius 3 is 2.11 bits per heavy atom. The molecule has 4 bridgehead atoms. The predicted octanol–water partition coefficient (Wildman–Crippen LogP) is 3.69. The summed E-state index contributed by atoms with van der Waals surface area (Å²) in [4.78, 5) is 0. The number of para-hydroxylation sites is 1. The fraction of sp³-hybridized carbons (Fsp3) is 0.647. The van der Waals surface area contributed by atoms with Crippen molar-refractivity contribution in [3.8, 4) is 5.75 Å². The molecule has 0 amide bonds. The van der Waals surface area contributed by atoms with E-state index in [9.17, 15) is 5.11 Å². The lowest BCUT2D eigenvalue weighted by Crippen LogP contribution is -2.56. The molecular weight excluding hydrogens is 236 g/mol. The summed E-state index contributed by atoms with van der Waals surface area (Å²) in [7, 11) is 1.84. The number of phenolic OH excluding ortho intramolecular Hbond substituents is 1. The number of phenols is 1. The molecule has 1 aromatic carbocycles. The first kappa shape index (κ1) is 11.8. The van der Waals surface area contributed by atoms with Crippen molar-refractivity contribution in [2.45, 2.75) is 37.7 Å². The van der Waals surface area contributed by atoms with Crippen molar-refractivity contribution in [2.75, 3.05) is 7.11 Å². The minimum Gasteiger partial charge on any atom is -0.508 e. The van der Waals surface area contributed by atoms with E-state index in [1.807, 2.05) is 19.2 Å². The van der Waals surface area contributed by atoms with Gasteiger partial charge in [-0.05, 0) is 61.8 Å². The van der Waals surface area contributed by atoms with E-state index in [0.29, 0.717) is 17.6 Å². The molecule has 1 aromatic rings. The van der Waals surface area contributed by atoms with Crippen molar-refractivity contribution in [1.82, 2.24) is 0 Å². The molecule has 4 saturated carbocycles. The van der Waals surface area contributed by atoms with Crippen molar-refractivity contribution in [2.24, 2.45) is 23.7 Å². The Hall–Kier alpha value is -1.02. The lowest BCUT2D eigenvalue weighted by Gasteiger charge is -2.60. The number of aromatic hydroxyl groups is 1. The highest BCUT2D eigenvalue weighted by atomic mass is 16.5. The molecule has 0 spiro atoms. The first-order valence-corrected chi connectivity index (χ1v) is 7.57. The Kier molecular flexibility index (Phi) is 2.47. The molecule has 4 aliphatic carbocycles. The van der Waals surface area contributed by atoms with Crippen molar-refractivity contribution in [3.63, 3.8) is 0 Å². The molecule has 0 heterocycles. The van der Waals surface area contributed by atoms with Crippen LogP contribution in [0.3, 0.4) is 0 Å². The average molecular weight is 258 g/mol. The lowest BCUT2D eigenvalue weighted by molar-refractivity contribution is -0.198. The van der Waals surface area contributed by atoms with Crippen molar-refractivity contribution in [3.05, 3.63) is 29.8 Å². The molecule has 4 fully saturated rings. The van der Waals surface area contributed by atoms with E-state index in [1.165, 1.54) is 32.1 Å². The maximum Gasteiger partial charge on any atom is 0.121 e. The van der Waals surface area contributed by atoms with Gasteiger partial charge >= 0.3 is 0 Å². The highest BCUT2D eigenvalue weighted by Crippen LogP contribution is 2.63. The van der Waals surface area contributed by atoms with Crippen LogP contribution in [0.5, 0.6) is 5.75 Å². The van der Waals surface area contributed by atoms with Gasteiger partial charge in [0.1, 0.15) is 11.4 Å². The topological polar surface area (TPSA) is 29.5 Å². The molecule has 4 aliphatic rings. The van der Waals surface area contributed by atoms with Gasteiger partial charge in [-0.1, -0.05) is 18.2 Å². The first-order chi connectivity index (χ1) is 9.24. The Morgan fingerprint density at radius 2 is 1.58 bits per heavy atom. The summed E-state index contributed by atoms with van der Waals surface area (Å²) >= 11 is 0. The fourth-order valence-corrected chi connectivity index (χ4v) is 5.57. The van der Waals surface area contributed by atoms with Crippen LogP contribution in [0.2, 0.25) is 0 Å². The molecule has 0 aliphatic heterocycles. The summed E-state index contributed by atoms with van der Waals surface area (Å²) in [6.45, 7) is 0. The maximum absolute atomic E-state index is 10.3. The quantitative estimate of drug-likeness (QED) is 0.876. The molecule has 19 heavy (non-hydrogen) atoms. The summed E-state index contributed by atoms with van der Waals surface area (Å²) in [6, 6.07) is 7.81. The third-order valence-corrected chi connectivity index (χ3v) is 6.01. The van der Waals surface area contributed by atoms with Crippen molar-refractivity contribution < 1.29 is 9.84 Å². The van der Waals surface area contributed by atoms with Crippen molar-refractivity contribution >= 4 is 0 Å². The second-order valence-corrected chi connectivity index (χ2v) is 6.82. The molecule has 0 atom stereocenters. The second kappa shape index (κ2) is 3.99. The molecule has 102 valence electrons. The van der Waals surface area contributed by atoms with E-state index >= 15 is 0 Å². The predicted molar refractivity (Wildman–Crippen MR) is 73.8 cm³/mol. The minimum absolute atomic E-state index is 0.223. The zero-order valence-corrected chi connectivity index (χ0v) is 11.5. The monoisotopic (exact) mass is 258 g/mol. The van der Waals surface area contributed by atoms with Gasteiger partial charge in [-0.3, -0.25) is 0 Å². The number of ether oxygens (including phenoxy) is 1. The van der Waals surface area contributed by atoms with E-state index in [-0.39, 0.29) is 5.60 Å². The van der Waals surface area contributed by atoms with Gasteiger partial charge in [0.2, 0.25) is 0 Å². The van der Waals surface area contributed by atoms with Crippen LogP contribution in [0.25, 0.3) is 0 Å². The van der Waals surface area contributed by atoms with Gasteiger partial charge in [0.05, 0.1) is 0 Å². The molecule has 0 aromatic heterocycles. The van der Waals surface area contributed by atoms with Gasteiger partial charge in [-0.2, -0.15) is 0 Å². The summed E-state index contributed by atoms with van der Waals surface area (Å²) in [6.07, 6.45) is 6.59. The second-order valence-electron chi connectivity index (χ2n) is 6.82. The van der Waals surface area contributed by atoms with Crippen LogP contribution in [0.15, 0.2) is 24.3 Å². The minimum atomic E-state index is -0.223. The van der Waals surface area contributed by atoms with E-state index < -0.39 is 0 Å². The van der Waals surface area contributed by atoms with Gasteiger partial charge in [0.25, 0.3) is 0 Å². The Bertz CT molecular complexity index is 466. The van der Waals surface area contributed by atoms with Crippen molar-refractivity contribution in [1.29, 1.82) is 0 Å². The normalized spacial score (nSPS) is 43.6. The third-order valence-electron chi connectivity index (χ3n) is 6.01. The summed E-state index contributed by atoms with van der Waals surface area (Å²) < 4.78 is 6.12. The summed E-state index contributed by atoms with van der Waals surface area (Å²) in [5, 5.41) is 10.3. The van der Waals surface area contributed by atoms with E-state index in [1.54, 1.807) is 6.07 Å². The number of hydrogen-bond acceptors (Lipinski definition) is 2. The zero-order valence-electron chi connectivity index (χ0n) is 11.5. The Morgan fingerprint density at radius 1 is 1.00 bits per heavy atom. The van der Waals surface area contributed by atoms with Gasteiger partial charge in [0, 0.05) is 12.7 Å². The van der Waals surface area contributed by atoms with Crippen LogP contribution in [0, 0.1) is 23.7 Å². The number of hydrogen-bond donors (Lipinski definition) is 1.